The Morgan fingerprint density at radius 1 is 1.11 bits per heavy atom. The fraction of sp³-hybridized carbons (Fsp3) is 0.480. The van der Waals surface area contributed by atoms with Crippen molar-refractivity contribution in [2.24, 2.45) is 7.05 Å². The average molecular weight is 474 g/mol. The van der Waals surface area contributed by atoms with Gasteiger partial charge in [-0.2, -0.15) is 15.2 Å². The van der Waals surface area contributed by atoms with Gasteiger partial charge in [0.05, 0.1) is 12.4 Å². The molecule has 1 aliphatic heterocycles. The summed E-state index contributed by atoms with van der Waals surface area (Å²) in [5.74, 6) is 0.324. The van der Waals surface area contributed by atoms with Crippen molar-refractivity contribution in [1.82, 2.24) is 34.7 Å². The van der Waals surface area contributed by atoms with Crippen molar-refractivity contribution >= 4 is 22.9 Å². The van der Waals surface area contributed by atoms with Crippen LogP contribution in [-0.2, 0) is 13.6 Å². The summed E-state index contributed by atoms with van der Waals surface area (Å²) in [6.45, 7) is 5.16. The Labute approximate surface area is 205 Å². The second-order valence-electron chi connectivity index (χ2n) is 9.54. The molecule has 3 aromatic rings. The van der Waals surface area contributed by atoms with Gasteiger partial charge in [-0.1, -0.05) is 25.0 Å². The predicted molar refractivity (Wildman–Crippen MR) is 132 cm³/mol. The molecule has 0 atom stereocenters. The number of hydrogen-bond donors (Lipinski definition) is 1. The third kappa shape index (κ3) is 4.97. The van der Waals surface area contributed by atoms with E-state index in [2.05, 4.69) is 37.2 Å². The van der Waals surface area contributed by atoms with Crippen LogP contribution in [0, 0.1) is 11.3 Å². The van der Waals surface area contributed by atoms with Gasteiger partial charge in [-0.3, -0.25) is 20.1 Å². The topological polar surface area (TPSA) is 106 Å². The van der Waals surface area contributed by atoms with Gasteiger partial charge in [0.2, 0.25) is 5.82 Å². The van der Waals surface area contributed by atoms with Crippen LogP contribution in [0.1, 0.15) is 47.4 Å². The number of anilines is 1. The molecule has 0 spiro atoms. The molecule has 3 heterocycles. The highest BCUT2D eigenvalue weighted by Gasteiger charge is 2.29. The fourth-order valence-corrected chi connectivity index (χ4v) is 4.89. The monoisotopic (exact) mass is 473 g/mol. The van der Waals surface area contributed by atoms with Gasteiger partial charge in [-0.25, -0.2) is 4.98 Å². The maximum absolute atomic E-state index is 13.3. The highest BCUT2D eigenvalue weighted by atomic mass is 16.2. The first-order valence-corrected chi connectivity index (χ1v) is 12.2. The lowest BCUT2D eigenvalue weighted by molar-refractivity contribution is 0.0944. The van der Waals surface area contributed by atoms with Gasteiger partial charge < -0.3 is 9.47 Å². The van der Waals surface area contributed by atoms with E-state index in [9.17, 15) is 10.1 Å². The van der Waals surface area contributed by atoms with Crippen molar-refractivity contribution < 1.29 is 4.79 Å². The van der Waals surface area contributed by atoms with Gasteiger partial charge in [-0.05, 0) is 37.6 Å². The second kappa shape index (κ2) is 9.98. The van der Waals surface area contributed by atoms with Crippen molar-refractivity contribution in [2.75, 3.05) is 38.2 Å². The van der Waals surface area contributed by atoms with Crippen LogP contribution in [0.4, 0.5) is 5.82 Å². The normalized spacial score (nSPS) is 17.5. The molecule has 0 radical (unpaired) electrons. The number of benzene rings is 1. The first-order chi connectivity index (χ1) is 17.0. The van der Waals surface area contributed by atoms with Crippen LogP contribution in [0.5, 0.6) is 0 Å². The Morgan fingerprint density at radius 2 is 1.83 bits per heavy atom. The number of hydrogen-bond acceptors (Lipinski definition) is 8. The van der Waals surface area contributed by atoms with Crippen molar-refractivity contribution in [3.63, 3.8) is 0 Å². The van der Waals surface area contributed by atoms with E-state index in [1.54, 1.807) is 10.9 Å². The lowest BCUT2D eigenvalue weighted by Crippen LogP contribution is -2.48. The van der Waals surface area contributed by atoms with Gasteiger partial charge in [0.1, 0.15) is 6.07 Å². The number of aryl methyl sites for hydroxylation is 1. The Hall–Kier alpha value is -3.55. The molecule has 0 bridgehead atoms. The number of nitrogens with zero attached hydrogens (tertiary/aromatic N) is 8. The Kier molecular flexibility index (Phi) is 6.61. The molecule has 2 fully saturated rings. The van der Waals surface area contributed by atoms with Gasteiger partial charge >= 0.3 is 0 Å². The Bertz CT molecular complexity index is 1230. The summed E-state index contributed by atoms with van der Waals surface area (Å²) >= 11 is 0. The Morgan fingerprint density at radius 3 is 2.51 bits per heavy atom. The van der Waals surface area contributed by atoms with E-state index in [1.165, 1.54) is 5.56 Å². The number of piperazine rings is 1. The predicted octanol–water partition coefficient (Wildman–Crippen LogP) is 2.08. The standard InChI is InChI=1S/C25H31N9O/c1-31-11-13-33(14-12-31)16-18-7-9-19(10-8-18)25(35)30-34(20-5-3-4-6-20)24-22-23(32(2)17-27-22)28-21(15-26)29-24/h7-10,17,20H,3-6,11-14,16H2,1-2H3,(H,30,35). The number of fused-ring (bicyclic) bond motifs is 1. The second-order valence-corrected chi connectivity index (χ2v) is 9.54. The summed E-state index contributed by atoms with van der Waals surface area (Å²) in [7, 11) is 3.98. The molecule has 182 valence electrons. The van der Waals surface area contributed by atoms with Gasteiger partial charge in [0.15, 0.2) is 17.0 Å². The van der Waals surface area contributed by atoms with Crippen molar-refractivity contribution in [1.29, 1.82) is 5.26 Å². The van der Waals surface area contributed by atoms with Crippen LogP contribution in [0.3, 0.4) is 0 Å². The van der Waals surface area contributed by atoms with E-state index in [-0.39, 0.29) is 17.8 Å². The molecule has 35 heavy (non-hydrogen) atoms. The molecule has 1 amide bonds. The van der Waals surface area contributed by atoms with E-state index < -0.39 is 0 Å². The lowest BCUT2D eigenvalue weighted by atomic mass is 10.1. The number of carbonyl (C=O) groups excluding carboxylic acids is 1. The van der Waals surface area contributed by atoms with Crippen molar-refractivity contribution in [3.05, 3.63) is 47.5 Å². The molecular formula is C25H31N9O. The zero-order chi connectivity index (χ0) is 24.4. The first kappa shape index (κ1) is 23.2. The number of amides is 1. The molecule has 0 unspecified atom stereocenters. The molecule has 10 nitrogen and oxygen atoms in total. The van der Waals surface area contributed by atoms with E-state index in [0.717, 1.165) is 58.4 Å². The highest BCUT2D eigenvalue weighted by Crippen LogP contribution is 2.29. The van der Waals surface area contributed by atoms with E-state index in [0.29, 0.717) is 22.5 Å². The summed E-state index contributed by atoms with van der Waals surface area (Å²) in [5.41, 5.74) is 6.00. The number of hydrazine groups is 1. The van der Waals surface area contributed by atoms with Crippen LogP contribution >= 0.6 is 0 Å². The number of likely N-dealkylation sites (N-methyl/N-ethyl adjacent to an activating group) is 1. The number of carbonyl (C=O) groups is 1. The van der Waals surface area contributed by atoms with E-state index in [4.69, 9.17) is 0 Å². The van der Waals surface area contributed by atoms with Gasteiger partial charge in [-0.15, -0.1) is 0 Å². The average Bonchev–Trinajstić information content (AvgIpc) is 3.54. The molecule has 10 heteroatoms. The number of rotatable bonds is 6. The molecule has 1 aromatic carbocycles. The fourth-order valence-electron chi connectivity index (χ4n) is 4.89. The van der Waals surface area contributed by atoms with Crippen LogP contribution in [-0.4, -0.2) is 74.5 Å². The SMILES string of the molecule is CN1CCN(Cc2ccc(C(=O)NN(c3nc(C#N)nc4c3ncn4C)C3CCCC3)cc2)CC1. The minimum Gasteiger partial charge on any atom is -0.318 e. The van der Waals surface area contributed by atoms with Crippen LogP contribution in [0.2, 0.25) is 0 Å². The molecule has 2 aliphatic rings. The number of nitriles is 1. The third-order valence-electron chi connectivity index (χ3n) is 7.00. The van der Waals surface area contributed by atoms with Crippen LogP contribution in [0.15, 0.2) is 30.6 Å². The van der Waals surface area contributed by atoms with Crippen molar-refractivity contribution in [3.8, 4) is 6.07 Å². The number of imidazole rings is 1. The molecule has 2 aromatic heterocycles. The summed E-state index contributed by atoms with van der Waals surface area (Å²) < 4.78 is 1.76. The van der Waals surface area contributed by atoms with Gasteiger partial charge in [0.25, 0.3) is 5.91 Å². The zero-order valence-corrected chi connectivity index (χ0v) is 20.3. The molecular weight excluding hydrogens is 442 g/mol. The summed E-state index contributed by atoms with van der Waals surface area (Å²) in [5, 5.41) is 11.3. The highest BCUT2D eigenvalue weighted by molar-refractivity contribution is 5.96. The minimum atomic E-state index is -0.204. The molecule has 1 saturated heterocycles. The maximum Gasteiger partial charge on any atom is 0.269 e. The maximum atomic E-state index is 13.3. The smallest absolute Gasteiger partial charge is 0.269 e. The molecule has 1 saturated carbocycles. The zero-order valence-electron chi connectivity index (χ0n) is 20.3. The summed E-state index contributed by atoms with van der Waals surface area (Å²) in [4.78, 5) is 31.3. The Balaban J connectivity index is 1.37. The van der Waals surface area contributed by atoms with Crippen molar-refractivity contribution in [2.45, 2.75) is 38.3 Å². The molecule has 1 N–H and O–H groups in total. The summed E-state index contributed by atoms with van der Waals surface area (Å²) in [6.07, 6.45) is 5.69. The third-order valence-corrected chi connectivity index (χ3v) is 7.00. The molecule has 5 rings (SSSR count). The number of nitrogens with one attached hydrogen (secondary N) is 1. The van der Waals surface area contributed by atoms with Gasteiger partial charge in [0, 0.05) is 45.3 Å². The first-order valence-electron chi connectivity index (χ1n) is 12.2. The van der Waals surface area contributed by atoms with E-state index in [1.807, 2.05) is 42.4 Å². The summed E-state index contributed by atoms with van der Waals surface area (Å²) in [6, 6.07) is 9.94. The van der Waals surface area contributed by atoms with E-state index >= 15 is 0 Å². The quantitative estimate of drug-likeness (QED) is 0.543. The number of aromatic nitrogens is 4. The molecule has 1 aliphatic carbocycles. The largest absolute Gasteiger partial charge is 0.318 e. The van der Waals surface area contributed by atoms with Crippen LogP contribution < -0.4 is 10.4 Å². The lowest BCUT2D eigenvalue weighted by Gasteiger charge is -2.32. The minimum absolute atomic E-state index is 0.0570. The van der Waals surface area contributed by atoms with Crippen LogP contribution in [0.25, 0.3) is 11.2 Å².